The maximum absolute atomic E-state index is 13.4. The van der Waals surface area contributed by atoms with Crippen LogP contribution in [0.4, 0.5) is 8.78 Å². The molecule has 1 aliphatic heterocycles. The fourth-order valence-electron chi connectivity index (χ4n) is 2.27. The number of benzene rings is 1. The van der Waals surface area contributed by atoms with Crippen LogP contribution in [0.2, 0.25) is 0 Å². The molecule has 5 nitrogen and oxygen atoms in total. The molecule has 1 saturated heterocycles. The van der Waals surface area contributed by atoms with E-state index >= 15 is 0 Å². The van der Waals surface area contributed by atoms with Crippen LogP contribution in [-0.4, -0.2) is 53.9 Å². The van der Waals surface area contributed by atoms with Crippen LogP contribution in [-0.2, 0) is 9.53 Å². The zero-order valence-electron chi connectivity index (χ0n) is 12.5. The van der Waals surface area contributed by atoms with Gasteiger partial charge in [0.15, 0.2) is 18.2 Å². The van der Waals surface area contributed by atoms with E-state index in [2.05, 4.69) is 0 Å². The zero-order valence-corrected chi connectivity index (χ0v) is 12.5. The molecule has 1 fully saturated rings. The number of hydrogen-bond acceptors (Lipinski definition) is 4. The number of β-amino-alcohol motifs (C(OH)–C–C–N with tert-alkyl or cyclic N) is 1. The summed E-state index contributed by atoms with van der Waals surface area (Å²) in [4.78, 5) is 13.4. The summed E-state index contributed by atoms with van der Waals surface area (Å²) < 4.78 is 36.7. The summed E-state index contributed by atoms with van der Waals surface area (Å²) in [7, 11) is 0. The third-order valence-electron chi connectivity index (χ3n) is 3.28. The summed E-state index contributed by atoms with van der Waals surface area (Å²) in [5.41, 5.74) is 0. The lowest BCUT2D eigenvalue weighted by Crippen LogP contribution is -2.34. The molecule has 0 spiro atoms. The van der Waals surface area contributed by atoms with Gasteiger partial charge >= 0.3 is 0 Å². The van der Waals surface area contributed by atoms with Crippen molar-refractivity contribution in [3.8, 4) is 5.75 Å². The van der Waals surface area contributed by atoms with Crippen molar-refractivity contribution in [2.24, 2.45) is 0 Å². The summed E-state index contributed by atoms with van der Waals surface area (Å²) in [5.74, 6) is -2.16. The standard InChI is InChI=1S/C15H19F2NO4/c1-9(2)22-14-7-18(6-12(14)19)15(20)8-21-13-4-3-10(16)5-11(13)17/h3-5,9,12,14,19H,6-8H2,1-2H3/t12-,14-/m0/s1. The summed E-state index contributed by atoms with van der Waals surface area (Å²) in [6, 6.07) is 2.86. The van der Waals surface area contributed by atoms with Crippen molar-refractivity contribution in [1.82, 2.24) is 4.90 Å². The Kier molecular flexibility index (Phi) is 5.31. The highest BCUT2D eigenvalue weighted by Gasteiger charge is 2.35. The van der Waals surface area contributed by atoms with Gasteiger partial charge in [-0.1, -0.05) is 0 Å². The minimum absolute atomic E-state index is 0.0562. The van der Waals surface area contributed by atoms with Gasteiger partial charge < -0.3 is 19.5 Å². The molecular formula is C15H19F2NO4. The third kappa shape index (κ3) is 4.14. The number of carbonyl (C=O) groups is 1. The van der Waals surface area contributed by atoms with Crippen molar-refractivity contribution in [3.05, 3.63) is 29.8 Å². The molecule has 0 aliphatic carbocycles. The van der Waals surface area contributed by atoms with E-state index in [0.29, 0.717) is 6.07 Å². The van der Waals surface area contributed by atoms with Crippen molar-refractivity contribution in [1.29, 1.82) is 0 Å². The van der Waals surface area contributed by atoms with E-state index in [4.69, 9.17) is 9.47 Å². The molecule has 7 heteroatoms. The first-order chi connectivity index (χ1) is 10.4. The Balaban J connectivity index is 1.88. The molecular weight excluding hydrogens is 296 g/mol. The Labute approximate surface area is 127 Å². The van der Waals surface area contributed by atoms with Gasteiger partial charge in [0, 0.05) is 19.2 Å². The molecule has 1 heterocycles. The number of halogens is 2. The Morgan fingerprint density at radius 3 is 2.77 bits per heavy atom. The van der Waals surface area contributed by atoms with Gasteiger partial charge in [0.1, 0.15) is 11.9 Å². The highest BCUT2D eigenvalue weighted by Crippen LogP contribution is 2.19. The highest BCUT2D eigenvalue weighted by molar-refractivity contribution is 5.78. The Morgan fingerprint density at radius 1 is 1.41 bits per heavy atom. The van der Waals surface area contributed by atoms with Crippen LogP contribution in [0.1, 0.15) is 13.8 Å². The van der Waals surface area contributed by atoms with Crippen LogP contribution in [0.5, 0.6) is 5.75 Å². The summed E-state index contributed by atoms with van der Waals surface area (Å²) in [6.07, 6.45) is -1.25. The highest BCUT2D eigenvalue weighted by atomic mass is 19.1. The number of nitrogens with zero attached hydrogens (tertiary/aromatic N) is 1. The van der Waals surface area contributed by atoms with E-state index in [-0.39, 0.29) is 31.5 Å². The smallest absolute Gasteiger partial charge is 0.260 e. The van der Waals surface area contributed by atoms with E-state index in [1.54, 1.807) is 0 Å². The number of aliphatic hydroxyl groups is 1. The van der Waals surface area contributed by atoms with Crippen molar-refractivity contribution in [2.45, 2.75) is 32.2 Å². The predicted octanol–water partition coefficient (Wildman–Crippen LogP) is 1.34. The van der Waals surface area contributed by atoms with Gasteiger partial charge in [-0.25, -0.2) is 8.78 Å². The molecule has 1 aliphatic rings. The monoisotopic (exact) mass is 315 g/mol. The summed E-state index contributed by atoms with van der Waals surface area (Å²) in [6.45, 7) is 3.71. The summed E-state index contributed by atoms with van der Waals surface area (Å²) in [5, 5.41) is 9.86. The van der Waals surface area contributed by atoms with Crippen LogP contribution in [0.25, 0.3) is 0 Å². The normalized spacial score (nSPS) is 21.5. The molecule has 0 unspecified atom stereocenters. The van der Waals surface area contributed by atoms with E-state index in [9.17, 15) is 18.7 Å². The second kappa shape index (κ2) is 7.02. The van der Waals surface area contributed by atoms with Crippen LogP contribution < -0.4 is 4.74 Å². The van der Waals surface area contributed by atoms with E-state index in [1.165, 1.54) is 4.90 Å². The first-order valence-electron chi connectivity index (χ1n) is 7.06. The molecule has 2 rings (SSSR count). The lowest BCUT2D eigenvalue weighted by molar-refractivity contribution is -0.133. The molecule has 22 heavy (non-hydrogen) atoms. The van der Waals surface area contributed by atoms with Crippen molar-refractivity contribution in [2.75, 3.05) is 19.7 Å². The fraction of sp³-hybridized carbons (Fsp3) is 0.533. The third-order valence-corrected chi connectivity index (χ3v) is 3.28. The van der Waals surface area contributed by atoms with Gasteiger partial charge in [-0.3, -0.25) is 4.79 Å². The van der Waals surface area contributed by atoms with Gasteiger partial charge in [0.05, 0.1) is 12.2 Å². The maximum atomic E-state index is 13.4. The number of aliphatic hydroxyl groups excluding tert-OH is 1. The number of hydrogen-bond donors (Lipinski definition) is 1. The lowest BCUT2D eigenvalue weighted by atomic mass is 10.2. The second-order valence-electron chi connectivity index (χ2n) is 5.45. The zero-order chi connectivity index (χ0) is 16.3. The second-order valence-corrected chi connectivity index (χ2v) is 5.45. The van der Waals surface area contributed by atoms with Crippen LogP contribution >= 0.6 is 0 Å². The lowest BCUT2D eigenvalue weighted by Gasteiger charge is -2.18. The Morgan fingerprint density at radius 2 is 2.14 bits per heavy atom. The largest absolute Gasteiger partial charge is 0.481 e. The summed E-state index contributed by atoms with van der Waals surface area (Å²) >= 11 is 0. The Hall–Kier alpha value is -1.73. The molecule has 0 aromatic heterocycles. The maximum Gasteiger partial charge on any atom is 0.260 e. The molecule has 1 N–H and O–H groups in total. The van der Waals surface area contributed by atoms with Gasteiger partial charge in [0.2, 0.25) is 0 Å². The molecule has 1 amide bonds. The topological polar surface area (TPSA) is 59.0 Å². The molecule has 122 valence electrons. The molecule has 0 saturated carbocycles. The predicted molar refractivity (Wildman–Crippen MR) is 74.4 cm³/mol. The van der Waals surface area contributed by atoms with Crippen LogP contribution in [0.15, 0.2) is 18.2 Å². The fourth-order valence-corrected chi connectivity index (χ4v) is 2.27. The van der Waals surface area contributed by atoms with Crippen molar-refractivity contribution in [3.63, 3.8) is 0 Å². The van der Waals surface area contributed by atoms with E-state index in [1.807, 2.05) is 13.8 Å². The van der Waals surface area contributed by atoms with E-state index in [0.717, 1.165) is 12.1 Å². The number of ether oxygens (including phenoxy) is 2. The molecule has 0 radical (unpaired) electrons. The van der Waals surface area contributed by atoms with Gasteiger partial charge in [-0.15, -0.1) is 0 Å². The Bertz CT molecular complexity index is 538. The van der Waals surface area contributed by atoms with Crippen LogP contribution in [0, 0.1) is 11.6 Å². The quantitative estimate of drug-likeness (QED) is 0.891. The van der Waals surface area contributed by atoms with Crippen LogP contribution in [0.3, 0.4) is 0 Å². The average Bonchev–Trinajstić information content (AvgIpc) is 2.78. The minimum atomic E-state index is -0.865. The first-order valence-corrected chi connectivity index (χ1v) is 7.06. The molecule has 2 atom stereocenters. The number of likely N-dealkylation sites (tertiary alicyclic amines) is 1. The van der Waals surface area contributed by atoms with Crippen molar-refractivity contribution >= 4 is 5.91 Å². The number of rotatable bonds is 5. The molecule has 1 aromatic carbocycles. The number of carbonyl (C=O) groups excluding carboxylic acids is 1. The van der Waals surface area contributed by atoms with Crippen molar-refractivity contribution < 1.29 is 28.2 Å². The first kappa shape index (κ1) is 16.6. The van der Waals surface area contributed by atoms with Gasteiger partial charge in [-0.2, -0.15) is 0 Å². The number of amides is 1. The van der Waals surface area contributed by atoms with E-state index < -0.39 is 29.7 Å². The average molecular weight is 315 g/mol. The van der Waals surface area contributed by atoms with Gasteiger partial charge in [-0.05, 0) is 26.0 Å². The minimum Gasteiger partial charge on any atom is -0.481 e. The molecule has 0 bridgehead atoms. The SMILES string of the molecule is CC(C)O[C@H]1CN(C(=O)COc2ccc(F)cc2F)C[C@@H]1O. The van der Waals surface area contributed by atoms with Gasteiger partial charge in [0.25, 0.3) is 5.91 Å². The molecule has 1 aromatic rings.